The maximum absolute atomic E-state index is 5.73. The number of thioether (sulfide) groups is 1. The number of nitrogens with two attached hydrogens (primary N) is 1. The van der Waals surface area contributed by atoms with E-state index in [4.69, 9.17) is 5.73 Å². The van der Waals surface area contributed by atoms with Crippen LogP contribution >= 0.6 is 11.8 Å². The van der Waals surface area contributed by atoms with Gasteiger partial charge in [0.05, 0.1) is 0 Å². The second-order valence-electron chi connectivity index (χ2n) is 4.08. The quantitative estimate of drug-likeness (QED) is 0.667. The van der Waals surface area contributed by atoms with E-state index in [9.17, 15) is 0 Å². The van der Waals surface area contributed by atoms with Gasteiger partial charge in [0.1, 0.15) is 5.82 Å². The summed E-state index contributed by atoms with van der Waals surface area (Å²) in [5.41, 5.74) is 7.81. The number of aromatic nitrogens is 2. The first kappa shape index (κ1) is 12.0. The maximum atomic E-state index is 5.73. The molecule has 0 unspecified atom stereocenters. The van der Waals surface area contributed by atoms with Gasteiger partial charge in [0.15, 0.2) is 0 Å². The molecule has 2 N–H and O–H groups in total. The first-order chi connectivity index (χ1) is 8.16. The standard InChI is InChI=1S/C13H17N3S/c1-10-9-11(14)3-4-12(10)17-8-5-13-15-6-7-16(13)2/h3-4,6-7,9H,5,8,14H2,1-2H3. The lowest BCUT2D eigenvalue weighted by Gasteiger charge is -2.06. The van der Waals surface area contributed by atoms with Crippen LogP contribution in [0.4, 0.5) is 5.69 Å². The van der Waals surface area contributed by atoms with Crippen molar-refractivity contribution in [3.63, 3.8) is 0 Å². The minimum Gasteiger partial charge on any atom is -0.399 e. The van der Waals surface area contributed by atoms with E-state index in [-0.39, 0.29) is 0 Å². The third kappa shape index (κ3) is 3.03. The first-order valence-corrected chi connectivity index (χ1v) is 6.60. The highest BCUT2D eigenvalue weighted by molar-refractivity contribution is 7.99. The summed E-state index contributed by atoms with van der Waals surface area (Å²) in [4.78, 5) is 5.61. The molecule has 0 radical (unpaired) electrons. The van der Waals surface area contributed by atoms with Crippen LogP contribution in [-0.4, -0.2) is 15.3 Å². The maximum Gasteiger partial charge on any atom is 0.109 e. The number of hydrogen-bond donors (Lipinski definition) is 1. The number of rotatable bonds is 4. The van der Waals surface area contributed by atoms with Crippen molar-refractivity contribution in [3.05, 3.63) is 42.0 Å². The molecule has 90 valence electrons. The SMILES string of the molecule is Cc1cc(N)ccc1SCCc1nccn1C. The molecule has 2 aromatic rings. The number of aryl methyl sites for hydroxylation is 3. The zero-order valence-electron chi connectivity index (χ0n) is 10.2. The molecule has 0 fully saturated rings. The van der Waals surface area contributed by atoms with Gasteiger partial charge in [-0.1, -0.05) is 0 Å². The fourth-order valence-electron chi connectivity index (χ4n) is 1.72. The molecule has 0 aliphatic heterocycles. The van der Waals surface area contributed by atoms with Crippen LogP contribution in [0.5, 0.6) is 0 Å². The van der Waals surface area contributed by atoms with Crippen LogP contribution in [-0.2, 0) is 13.5 Å². The Labute approximate surface area is 106 Å². The summed E-state index contributed by atoms with van der Waals surface area (Å²) in [5, 5.41) is 0. The summed E-state index contributed by atoms with van der Waals surface area (Å²) in [7, 11) is 2.03. The monoisotopic (exact) mass is 247 g/mol. The lowest BCUT2D eigenvalue weighted by atomic mass is 10.2. The van der Waals surface area contributed by atoms with Crippen LogP contribution in [0.1, 0.15) is 11.4 Å². The fourth-order valence-corrected chi connectivity index (χ4v) is 2.68. The third-order valence-corrected chi connectivity index (χ3v) is 3.88. The highest BCUT2D eigenvalue weighted by atomic mass is 32.2. The van der Waals surface area contributed by atoms with Crippen LogP contribution in [0.3, 0.4) is 0 Å². The Kier molecular flexibility index (Phi) is 3.74. The summed E-state index contributed by atoms with van der Waals surface area (Å²) in [6, 6.07) is 6.06. The second-order valence-corrected chi connectivity index (χ2v) is 5.21. The van der Waals surface area contributed by atoms with E-state index in [0.717, 1.165) is 23.7 Å². The van der Waals surface area contributed by atoms with Gasteiger partial charge in [-0.15, -0.1) is 11.8 Å². The average molecular weight is 247 g/mol. The Morgan fingerprint density at radius 1 is 1.41 bits per heavy atom. The number of hydrogen-bond acceptors (Lipinski definition) is 3. The van der Waals surface area contributed by atoms with Crippen LogP contribution in [0.25, 0.3) is 0 Å². The number of imidazole rings is 1. The third-order valence-electron chi connectivity index (χ3n) is 2.70. The van der Waals surface area contributed by atoms with Gasteiger partial charge in [-0.05, 0) is 30.7 Å². The molecular formula is C13H17N3S. The number of anilines is 1. The molecule has 0 amide bonds. The number of nitrogen functional groups attached to an aromatic ring is 1. The van der Waals surface area contributed by atoms with Crippen molar-refractivity contribution in [3.8, 4) is 0 Å². The Morgan fingerprint density at radius 2 is 2.24 bits per heavy atom. The molecule has 0 saturated carbocycles. The minimum atomic E-state index is 0.830. The predicted molar refractivity (Wildman–Crippen MR) is 73.2 cm³/mol. The van der Waals surface area contributed by atoms with E-state index in [1.807, 2.05) is 43.3 Å². The average Bonchev–Trinajstić information content (AvgIpc) is 2.68. The molecule has 0 bridgehead atoms. The fraction of sp³-hybridized carbons (Fsp3) is 0.308. The number of benzene rings is 1. The van der Waals surface area contributed by atoms with E-state index in [0.29, 0.717) is 0 Å². The Hall–Kier alpha value is -1.42. The molecule has 0 spiro atoms. The Balaban J connectivity index is 1.92. The normalized spacial score (nSPS) is 10.7. The second kappa shape index (κ2) is 5.27. The molecule has 4 heteroatoms. The molecule has 0 aliphatic rings. The largest absolute Gasteiger partial charge is 0.399 e. The van der Waals surface area contributed by atoms with E-state index < -0.39 is 0 Å². The Bertz CT molecular complexity index is 505. The molecule has 1 aromatic heterocycles. The topological polar surface area (TPSA) is 43.8 Å². The van der Waals surface area contributed by atoms with Crippen molar-refractivity contribution in [2.24, 2.45) is 7.05 Å². The highest BCUT2D eigenvalue weighted by Crippen LogP contribution is 2.24. The molecular weight excluding hydrogens is 230 g/mol. The van der Waals surface area contributed by atoms with Gasteiger partial charge in [-0.25, -0.2) is 4.98 Å². The zero-order chi connectivity index (χ0) is 12.3. The molecule has 0 aliphatic carbocycles. The molecule has 1 aromatic carbocycles. The van der Waals surface area contributed by atoms with Crippen molar-refractivity contribution in [1.29, 1.82) is 0 Å². The Morgan fingerprint density at radius 3 is 2.88 bits per heavy atom. The van der Waals surface area contributed by atoms with Crippen molar-refractivity contribution in [1.82, 2.24) is 9.55 Å². The van der Waals surface area contributed by atoms with Crippen molar-refractivity contribution in [2.75, 3.05) is 11.5 Å². The summed E-state index contributed by atoms with van der Waals surface area (Å²) in [6.07, 6.45) is 4.81. The smallest absolute Gasteiger partial charge is 0.109 e. The molecule has 2 rings (SSSR count). The summed E-state index contributed by atoms with van der Waals surface area (Å²) in [6.45, 7) is 2.10. The van der Waals surface area contributed by atoms with Gasteiger partial charge in [0.25, 0.3) is 0 Å². The summed E-state index contributed by atoms with van der Waals surface area (Å²) in [5.74, 6) is 2.17. The van der Waals surface area contributed by atoms with Crippen LogP contribution < -0.4 is 5.73 Å². The molecule has 0 saturated heterocycles. The summed E-state index contributed by atoms with van der Waals surface area (Å²) >= 11 is 1.85. The van der Waals surface area contributed by atoms with E-state index >= 15 is 0 Å². The lowest BCUT2D eigenvalue weighted by Crippen LogP contribution is -1.99. The highest BCUT2D eigenvalue weighted by Gasteiger charge is 2.02. The van der Waals surface area contributed by atoms with Gasteiger partial charge in [0.2, 0.25) is 0 Å². The molecule has 17 heavy (non-hydrogen) atoms. The van der Waals surface area contributed by atoms with Crippen LogP contribution in [0, 0.1) is 6.92 Å². The molecule has 1 heterocycles. The number of nitrogens with zero attached hydrogens (tertiary/aromatic N) is 2. The zero-order valence-corrected chi connectivity index (χ0v) is 11.0. The summed E-state index contributed by atoms with van der Waals surface area (Å²) < 4.78 is 2.07. The van der Waals surface area contributed by atoms with Gasteiger partial charge in [0, 0.05) is 42.2 Å². The molecule has 3 nitrogen and oxygen atoms in total. The van der Waals surface area contributed by atoms with Crippen molar-refractivity contribution >= 4 is 17.4 Å². The van der Waals surface area contributed by atoms with Crippen molar-refractivity contribution in [2.45, 2.75) is 18.2 Å². The predicted octanol–water partition coefficient (Wildman–Crippen LogP) is 2.65. The van der Waals surface area contributed by atoms with Crippen LogP contribution in [0.15, 0.2) is 35.5 Å². The first-order valence-electron chi connectivity index (χ1n) is 5.62. The van der Waals surface area contributed by atoms with Gasteiger partial charge in [-0.3, -0.25) is 0 Å². The lowest BCUT2D eigenvalue weighted by molar-refractivity contribution is 0.811. The van der Waals surface area contributed by atoms with E-state index in [1.165, 1.54) is 10.5 Å². The minimum absolute atomic E-state index is 0.830. The van der Waals surface area contributed by atoms with Gasteiger partial charge in [-0.2, -0.15) is 0 Å². The van der Waals surface area contributed by atoms with Crippen molar-refractivity contribution < 1.29 is 0 Å². The van der Waals surface area contributed by atoms with Gasteiger partial charge >= 0.3 is 0 Å². The van der Waals surface area contributed by atoms with E-state index in [2.05, 4.69) is 22.5 Å². The van der Waals surface area contributed by atoms with Gasteiger partial charge < -0.3 is 10.3 Å². The molecule has 0 atom stereocenters. The van der Waals surface area contributed by atoms with Crippen LogP contribution in [0.2, 0.25) is 0 Å². The van der Waals surface area contributed by atoms with E-state index in [1.54, 1.807) is 0 Å².